The van der Waals surface area contributed by atoms with Crippen LogP contribution >= 0.6 is 0 Å². The molecule has 0 saturated heterocycles. The lowest BCUT2D eigenvalue weighted by Crippen LogP contribution is -2.28. The Morgan fingerprint density at radius 2 is 1.85 bits per heavy atom. The molecule has 0 aromatic heterocycles. The Bertz CT molecular complexity index is 265. The Hall–Kier alpha value is -0.260. The van der Waals surface area contributed by atoms with Crippen molar-refractivity contribution in [2.75, 3.05) is 0 Å². The zero-order valence-electron chi connectivity index (χ0n) is 14.7. The average molecular weight is 279 g/mol. The van der Waals surface area contributed by atoms with Crippen LogP contribution in [0.4, 0.5) is 0 Å². The number of hydrogen-bond acceptors (Lipinski definition) is 0. The third-order valence-corrected chi connectivity index (χ3v) is 5.75. The summed E-state index contributed by atoms with van der Waals surface area (Å²) in [6.07, 6.45) is 16.2. The molecule has 0 radical (unpaired) electrons. The van der Waals surface area contributed by atoms with Crippen molar-refractivity contribution in [3.05, 3.63) is 12.2 Å². The molecule has 0 heteroatoms. The van der Waals surface area contributed by atoms with Crippen LogP contribution in [0.25, 0.3) is 0 Å². The van der Waals surface area contributed by atoms with E-state index in [2.05, 4.69) is 46.8 Å². The molecule has 118 valence electrons. The fraction of sp³-hybridized carbons (Fsp3) is 0.900. The number of unbranched alkanes of at least 4 members (excludes halogenated alkanes) is 3. The molecule has 1 rings (SSSR count). The van der Waals surface area contributed by atoms with E-state index in [0.29, 0.717) is 0 Å². The molecule has 20 heavy (non-hydrogen) atoms. The fourth-order valence-corrected chi connectivity index (χ4v) is 4.62. The first-order valence-electron chi connectivity index (χ1n) is 9.24. The first-order chi connectivity index (χ1) is 9.61. The second-order valence-corrected chi connectivity index (χ2v) is 7.36. The molecule has 0 spiro atoms. The summed E-state index contributed by atoms with van der Waals surface area (Å²) >= 11 is 0. The first kappa shape index (κ1) is 17.8. The minimum atomic E-state index is 0.827. The largest absolute Gasteiger partial charge is 0.0914 e. The van der Waals surface area contributed by atoms with Crippen LogP contribution in [0.3, 0.4) is 0 Å². The maximum Gasteiger partial charge on any atom is -0.0205 e. The van der Waals surface area contributed by atoms with Crippen molar-refractivity contribution in [3.63, 3.8) is 0 Å². The number of hydrogen-bond donors (Lipinski definition) is 0. The van der Waals surface area contributed by atoms with E-state index in [1.807, 2.05) is 0 Å². The van der Waals surface area contributed by atoms with E-state index < -0.39 is 0 Å². The molecule has 1 aliphatic rings. The second-order valence-electron chi connectivity index (χ2n) is 7.36. The van der Waals surface area contributed by atoms with Crippen LogP contribution in [-0.2, 0) is 0 Å². The lowest BCUT2D eigenvalue weighted by molar-refractivity contribution is 0.148. The van der Waals surface area contributed by atoms with E-state index in [4.69, 9.17) is 0 Å². The van der Waals surface area contributed by atoms with Crippen molar-refractivity contribution in [1.82, 2.24) is 0 Å². The smallest absolute Gasteiger partial charge is 0.0205 e. The lowest BCUT2D eigenvalue weighted by atomic mass is 9.70. The summed E-state index contributed by atoms with van der Waals surface area (Å²) < 4.78 is 0. The molecule has 5 atom stereocenters. The predicted octanol–water partition coefficient (Wildman–Crippen LogP) is 6.86. The summed E-state index contributed by atoms with van der Waals surface area (Å²) in [4.78, 5) is 0. The molecular weight excluding hydrogens is 240 g/mol. The first-order valence-corrected chi connectivity index (χ1v) is 9.24. The SMILES string of the molecule is C/C=C\C1CCCC(C)C(C(C)CCCCCC)C1C. The van der Waals surface area contributed by atoms with Crippen molar-refractivity contribution in [2.45, 2.75) is 86.0 Å². The molecule has 0 heterocycles. The summed E-state index contributed by atoms with van der Waals surface area (Å²) in [5.74, 6) is 4.45. The van der Waals surface area contributed by atoms with Gasteiger partial charge in [-0.15, -0.1) is 0 Å². The molecule has 0 N–H and O–H groups in total. The van der Waals surface area contributed by atoms with Crippen molar-refractivity contribution in [1.29, 1.82) is 0 Å². The maximum atomic E-state index is 2.53. The normalized spacial score (nSPS) is 33.2. The van der Waals surface area contributed by atoms with E-state index in [1.165, 1.54) is 51.4 Å². The minimum Gasteiger partial charge on any atom is -0.0914 e. The highest BCUT2D eigenvalue weighted by Crippen LogP contribution is 2.42. The van der Waals surface area contributed by atoms with Gasteiger partial charge in [0.05, 0.1) is 0 Å². The highest BCUT2D eigenvalue weighted by Gasteiger charge is 2.34. The quantitative estimate of drug-likeness (QED) is 0.271. The van der Waals surface area contributed by atoms with Crippen molar-refractivity contribution in [3.8, 4) is 0 Å². The lowest BCUT2D eigenvalue weighted by Gasteiger charge is -2.35. The molecular formula is C20H38. The van der Waals surface area contributed by atoms with Crippen LogP contribution in [0.1, 0.15) is 86.0 Å². The number of allylic oxidation sites excluding steroid dienone is 2. The zero-order valence-corrected chi connectivity index (χ0v) is 14.7. The molecule has 1 saturated carbocycles. The fourth-order valence-electron chi connectivity index (χ4n) is 4.62. The molecule has 0 aromatic carbocycles. The molecule has 0 amide bonds. The van der Waals surface area contributed by atoms with E-state index in [1.54, 1.807) is 0 Å². The van der Waals surface area contributed by atoms with Gasteiger partial charge in [0.15, 0.2) is 0 Å². The molecule has 1 aliphatic carbocycles. The van der Waals surface area contributed by atoms with Crippen LogP contribution < -0.4 is 0 Å². The van der Waals surface area contributed by atoms with Crippen molar-refractivity contribution in [2.24, 2.45) is 29.6 Å². The van der Waals surface area contributed by atoms with E-state index in [-0.39, 0.29) is 0 Å². The van der Waals surface area contributed by atoms with Crippen LogP contribution in [-0.4, -0.2) is 0 Å². The summed E-state index contributed by atoms with van der Waals surface area (Å²) in [6.45, 7) is 12.1. The third kappa shape index (κ3) is 5.26. The third-order valence-electron chi connectivity index (χ3n) is 5.75. The minimum absolute atomic E-state index is 0.827. The molecule has 0 bridgehead atoms. The molecule has 1 fully saturated rings. The van der Waals surface area contributed by atoms with Crippen LogP contribution in [0.15, 0.2) is 12.2 Å². The highest BCUT2D eigenvalue weighted by molar-refractivity contribution is 4.94. The van der Waals surface area contributed by atoms with E-state index >= 15 is 0 Å². The Kier molecular flexibility index (Phi) is 8.57. The van der Waals surface area contributed by atoms with E-state index in [9.17, 15) is 0 Å². The van der Waals surface area contributed by atoms with Gasteiger partial charge in [-0.2, -0.15) is 0 Å². The maximum absolute atomic E-state index is 2.53. The van der Waals surface area contributed by atoms with Crippen LogP contribution in [0.5, 0.6) is 0 Å². The molecule has 0 aliphatic heterocycles. The summed E-state index contributed by atoms with van der Waals surface area (Å²) in [7, 11) is 0. The van der Waals surface area contributed by atoms with Gasteiger partial charge in [0, 0.05) is 0 Å². The van der Waals surface area contributed by atoms with Crippen molar-refractivity contribution < 1.29 is 0 Å². The molecule has 0 nitrogen and oxygen atoms in total. The van der Waals surface area contributed by atoms with Gasteiger partial charge in [-0.25, -0.2) is 0 Å². The number of rotatable bonds is 7. The van der Waals surface area contributed by atoms with Crippen LogP contribution in [0, 0.1) is 29.6 Å². The van der Waals surface area contributed by atoms with Gasteiger partial charge in [0.1, 0.15) is 0 Å². The van der Waals surface area contributed by atoms with Gasteiger partial charge in [-0.1, -0.05) is 84.8 Å². The topological polar surface area (TPSA) is 0 Å². The monoisotopic (exact) mass is 278 g/mol. The van der Waals surface area contributed by atoms with Gasteiger partial charge < -0.3 is 0 Å². The second kappa shape index (κ2) is 9.64. The van der Waals surface area contributed by atoms with Gasteiger partial charge >= 0.3 is 0 Å². The Morgan fingerprint density at radius 1 is 1.10 bits per heavy atom. The zero-order chi connectivity index (χ0) is 15.0. The standard InChI is InChI=1S/C20H38/c1-6-8-9-10-13-16(3)20-17(4)14-11-15-19(12-7-2)18(20)5/h7,12,16-20H,6,8-11,13-15H2,1-5H3/b12-7-. The molecule has 5 unspecified atom stereocenters. The van der Waals surface area contributed by atoms with Gasteiger partial charge in [0.2, 0.25) is 0 Å². The van der Waals surface area contributed by atoms with Gasteiger partial charge in [-0.05, 0) is 42.9 Å². The van der Waals surface area contributed by atoms with Gasteiger partial charge in [-0.3, -0.25) is 0 Å². The molecule has 0 aromatic rings. The Balaban J connectivity index is 2.61. The summed E-state index contributed by atoms with van der Waals surface area (Å²) in [5.41, 5.74) is 0. The van der Waals surface area contributed by atoms with E-state index in [0.717, 1.165) is 29.6 Å². The van der Waals surface area contributed by atoms with Crippen LogP contribution in [0.2, 0.25) is 0 Å². The highest BCUT2D eigenvalue weighted by atomic mass is 14.4. The average Bonchev–Trinajstić information content (AvgIpc) is 2.55. The Labute approximate surface area is 128 Å². The summed E-state index contributed by atoms with van der Waals surface area (Å²) in [5, 5.41) is 0. The Morgan fingerprint density at radius 3 is 2.50 bits per heavy atom. The van der Waals surface area contributed by atoms with Gasteiger partial charge in [0.25, 0.3) is 0 Å². The summed E-state index contributed by atoms with van der Waals surface area (Å²) in [6, 6.07) is 0. The van der Waals surface area contributed by atoms with Crippen molar-refractivity contribution >= 4 is 0 Å². The predicted molar refractivity (Wildman–Crippen MR) is 91.9 cm³/mol.